The highest BCUT2D eigenvalue weighted by atomic mass is 35.5. The van der Waals surface area contributed by atoms with E-state index >= 15 is 0 Å². The molecule has 0 unspecified atom stereocenters. The molecule has 2 nitrogen and oxygen atoms in total. The molecule has 0 aromatic heterocycles. The third kappa shape index (κ3) is 4.31. The SMILES string of the molecule is CC(C)(C)c1ccc(OC/C(F)=C/CN)c(Cl)c1. The maximum atomic E-state index is 13.1. The van der Waals surface area contributed by atoms with Gasteiger partial charge < -0.3 is 10.5 Å². The van der Waals surface area contributed by atoms with Crippen LogP contribution < -0.4 is 10.5 Å². The molecular weight excluding hydrogens is 253 g/mol. The molecule has 1 aromatic rings. The summed E-state index contributed by atoms with van der Waals surface area (Å²) < 4.78 is 18.4. The van der Waals surface area contributed by atoms with E-state index in [2.05, 4.69) is 20.8 Å². The smallest absolute Gasteiger partial charge is 0.139 e. The Morgan fingerprint density at radius 3 is 2.61 bits per heavy atom. The van der Waals surface area contributed by atoms with Crippen LogP contribution in [0.2, 0.25) is 5.02 Å². The Hall–Kier alpha value is -1.06. The van der Waals surface area contributed by atoms with E-state index < -0.39 is 5.83 Å². The van der Waals surface area contributed by atoms with Crippen molar-refractivity contribution in [1.29, 1.82) is 0 Å². The molecule has 0 aliphatic heterocycles. The lowest BCUT2D eigenvalue weighted by Crippen LogP contribution is -2.11. The van der Waals surface area contributed by atoms with Crippen molar-refractivity contribution in [3.05, 3.63) is 40.7 Å². The fourth-order valence-electron chi connectivity index (χ4n) is 1.42. The van der Waals surface area contributed by atoms with Gasteiger partial charge in [-0.2, -0.15) is 0 Å². The third-order valence-corrected chi connectivity index (χ3v) is 2.80. The highest BCUT2D eigenvalue weighted by molar-refractivity contribution is 6.32. The Morgan fingerprint density at radius 2 is 2.11 bits per heavy atom. The summed E-state index contributed by atoms with van der Waals surface area (Å²) in [5.41, 5.74) is 6.33. The summed E-state index contributed by atoms with van der Waals surface area (Å²) in [4.78, 5) is 0. The van der Waals surface area contributed by atoms with Gasteiger partial charge in [-0.25, -0.2) is 4.39 Å². The van der Waals surface area contributed by atoms with Gasteiger partial charge in [0.1, 0.15) is 18.2 Å². The first-order valence-electron chi connectivity index (χ1n) is 5.82. The Balaban J connectivity index is 2.78. The average Bonchev–Trinajstić information content (AvgIpc) is 2.26. The molecule has 0 atom stereocenters. The Bertz CT molecular complexity index is 438. The summed E-state index contributed by atoms with van der Waals surface area (Å²) in [5.74, 6) is 0.0821. The molecule has 0 fully saturated rings. The molecule has 100 valence electrons. The second kappa shape index (κ2) is 6.21. The van der Waals surface area contributed by atoms with Crippen LogP contribution in [0.4, 0.5) is 4.39 Å². The largest absolute Gasteiger partial charge is 0.485 e. The lowest BCUT2D eigenvalue weighted by atomic mass is 9.87. The van der Waals surface area contributed by atoms with Crippen LogP contribution in [0.1, 0.15) is 26.3 Å². The highest BCUT2D eigenvalue weighted by Gasteiger charge is 2.15. The summed E-state index contributed by atoms with van der Waals surface area (Å²) in [6.45, 7) is 6.31. The van der Waals surface area contributed by atoms with Crippen LogP contribution in [0.15, 0.2) is 30.1 Å². The molecule has 0 bridgehead atoms. The molecule has 0 spiro atoms. The standard InChI is InChI=1S/C14H19ClFNO/c1-14(2,3)10-4-5-13(12(15)8-10)18-9-11(16)6-7-17/h4-6,8H,7,9,17H2,1-3H3/b11-6-. The third-order valence-electron chi connectivity index (χ3n) is 2.50. The lowest BCUT2D eigenvalue weighted by Gasteiger charge is -2.20. The van der Waals surface area contributed by atoms with E-state index in [1.807, 2.05) is 12.1 Å². The molecule has 0 heterocycles. The molecule has 0 saturated heterocycles. The van der Waals surface area contributed by atoms with E-state index in [4.69, 9.17) is 22.1 Å². The Morgan fingerprint density at radius 1 is 1.44 bits per heavy atom. The Labute approximate surface area is 113 Å². The van der Waals surface area contributed by atoms with Crippen molar-refractivity contribution in [1.82, 2.24) is 0 Å². The van der Waals surface area contributed by atoms with Crippen LogP contribution in [-0.4, -0.2) is 13.2 Å². The zero-order valence-electron chi connectivity index (χ0n) is 11.0. The van der Waals surface area contributed by atoms with Gasteiger partial charge in [0.15, 0.2) is 0 Å². The van der Waals surface area contributed by atoms with E-state index in [9.17, 15) is 4.39 Å². The maximum Gasteiger partial charge on any atom is 0.139 e. The van der Waals surface area contributed by atoms with E-state index in [0.29, 0.717) is 10.8 Å². The van der Waals surface area contributed by atoms with Gasteiger partial charge in [0.2, 0.25) is 0 Å². The quantitative estimate of drug-likeness (QED) is 0.903. The van der Waals surface area contributed by atoms with Gasteiger partial charge in [-0.05, 0) is 29.2 Å². The van der Waals surface area contributed by atoms with E-state index in [0.717, 1.165) is 5.56 Å². The topological polar surface area (TPSA) is 35.2 Å². The van der Waals surface area contributed by atoms with Crippen LogP contribution >= 0.6 is 11.6 Å². The summed E-state index contributed by atoms with van der Waals surface area (Å²) in [6.07, 6.45) is 1.28. The highest BCUT2D eigenvalue weighted by Crippen LogP contribution is 2.31. The monoisotopic (exact) mass is 271 g/mol. The van der Waals surface area contributed by atoms with Crippen LogP contribution in [0.5, 0.6) is 5.75 Å². The molecule has 2 N–H and O–H groups in total. The summed E-state index contributed by atoms with van der Waals surface area (Å²) >= 11 is 6.10. The minimum absolute atomic E-state index is 0.0207. The minimum atomic E-state index is -0.395. The summed E-state index contributed by atoms with van der Waals surface area (Å²) in [6, 6.07) is 5.55. The number of hydrogen-bond acceptors (Lipinski definition) is 2. The molecule has 0 radical (unpaired) electrons. The lowest BCUT2D eigenvalue weighted by molar-refractivity contribution is 0.318. The van der Waals surface area contributed by atoms with Crippen LogP contribution in [0.25, 0.3) is 0 Å². The van der Waals surface area contributed by atoms with Gasteiger partial charge >= 0.3 is 0 Å². The molecule has 1 rings (SSSR count). The van der Waals surface area contributed by atoms with Crippen molar-refractivity contribution in [2.24, 2.45) is 5.73 Å². The summed E-state index contributed by atoms with van der Waals surface area (Å²) in [5, 5.41) is 0.489. The number of halogens is 2. The minimum Gasteiger partial charge on any atom is -0.485 e. The van der Waals surface area contributed by atoms with E-state index in [-0.39, 0.29) is 18.6 Å². The molecule has 0 saturated carbocycles. The zero-order valence-corrected chi connectivity index (χ0v) is 11.7. The number of ether oxygens (including phenoxy) is 1. The van der Waals surface area contributed by atoms with Gasteiger partial charge in [0.05, 0.1) is 5.02 Å². The second-order valence-corrected chi connectivity index (χ2v) is 5.48. The molecule has 0 amide bonds. The summed E-state index contributed by atoms with van der Waals surface area (Å²) in [7, 11) is 0. The fourth-order valence-corrected chi connectivity index (χ4v) is 1.65. The van der Waals surface area contributed by atoms with Crippen molar-refractivity contribution >= 4 is 11.6 Å². The van der Waals surface area contributed by atoms with Crippen LogP contribution in [-0.2, 0) is 5.41 Å². The van der Waals surface area contributed by atoms with Crippen molar-refractivity contribution < 1.29 is 9.13 Å². The normalized spacial score (nSPS) is 12.7. The number of nitrogens with two attached hydrogens (primary N) is 1. The maximum absolute atomic E-state index is 13.1. The first kappa shape index (κ1) is 15.0. The van der Waals surface area contributed by atoms with Gasteiger partial charge in [-0.1, -0.05) is 38.4 Å². The van der Waals surface area contributed by atoms with Crippen LogP contribution in [0, 0.1) is 0 Å². The Kier molecular flexibility index (Phi) is 5.17. The van der Waals surface area contributed by atoms with Crippen molar-refractivity contribution in [3.8, 4) is 5.75 Å². The van der Waals surface area contributed by atoms with E-state index in [1.165, 1.54) is 6.08 Å². The average molecular weight is 272 g/mol. The molecule has 4 heteroatoms. The number of rotatable bonds is 4. The van der Waals surface area contributed by atoms with Gasteiger partial charge in [0, 0.05) is 6.54 Å². The second-order valence-electron chi connectivity index (χ2n) is 5.07. The first-order valence-corrected chi connectivity index (χ1v) is 6.20. The molecule has 1 aromatic carbocycles. The van der Waals surface area contributed by atoms with Crippen molar-refractivity contribution in [3.63, 3.8) is 0 Å². The predicted octanol–water partition coefficient (Wildman–Crippen LogP) is 3.83. The van der Waals surface area contributed by atoms with Crippen molar-refractivity contribution in [2.75, 3.05) is 13.2 Å². The van der Waals surface area contributed by atoms with E-state index in [1.54, 1.807) is 6.07 Å². The van der Waals surface area contributed by atoms with Crippen molar-refractivity contribution in [2.45, 2.75) is 26.2 Å². The number of benzene rings is 1. The van der Waals surface area contributed by atoms with Gasteiger partial charge in [-0.3, -0.25) is 0 Å². The van der Waals surface area contributed by atoms with Gasteiger partial charge in [0.25, 0.3) is 0 Å². The molecule has 0 aliphatic carbocycles. The molecule has 18 heavy (non-hydrogen) atoms. The number of hydrogen-bond donors (Lipinski definition) is 1. The predicted molar refractivity (Wildman–Crippen MR) is 73.9 cm³/mol. The zero-order chi connectivity index (χ0) is 13.8. The molecule has 0 aliphatic rings. The van der Waals surface area contributed by atoms with Gasteiger partial charge in [-0.15, -0.1) is 0 Å². The first-order chi connectivity index (χ1) is 8.34. The molecular formula is C14H19ClFNO. The van der Waals surface area contributed by atoms with Crippen LogP contribution in [0.3, 0.4) is 0 Å². The fraction of sp³-hybridized carbons (Fsp3) is 0.429.